The molecule has 1 heterocycles. The van der Waals surface area contributed by atoms with E-state index in [1.807, 2.05) is 35.6 Å². The number of nitrogens with zero attached hydrogens (tertiary/aromatic N) is 1. The van der Waals surface area contributed by atoms with Crippen molar-refractivity contribution in [3.63, 3.8) is 0 Å². The Balaban J connectivity index is 1.93. The van der Waals surface area contributed by atoms with Crippen molar-refractivity contribution in [2.75, 3.05) is 0 Å². The number of aryl methyl sites for hydroxylation is 1. The van der Waals surface area contributed by atoms with Crippen LogP contribution in [0.5, 0.6) is 0 Å². The van der Waals surface area contributed by atoms with E-state index < -0.39 is 0 Å². The van der Waals surface area contributed by atoms with Gasteiger partial charge in [0.15, 0.2) is 0 Å². The highest BCUT2D eigenvalue weighted by Gasteiger charge is 2.06. The minimum atomic E-state index is 0.292. The molecule has 0 saturated heterocycles. The molecule has 2 aromatic rings. The van der Waals surface area contributed by atoms with Crippen LogP contribution in [0, 0.1) is 11.3 Å². The van der Waals surface area contributed by atoms with Crippen LogP contribution in [-0.2, 0) is 13.0 Å². The predicted octanol–water partition coefficient (Wildman–Crippen LogP) is 4.03. The van der Waals surface area contributed by atoms with Gasteiger partial charge >= 0.3 is 0 Å². The Morgan fingerprint density at radius 2 is 1.84 bits per heavy atom. The van der Waals surface area contributed by atoms with Crippen LogP contribution in [0.15, 0.2) is 36.4 Å². The topological polar surface area (TPSA) is 35.8 Å². The van der Waals surface area contributed by atoms with E-state index in [1.165, 1.54) is 15.3 Å². The molecule has 19 heavy (non-hydrogen) atoms. The Hall–Kier alpha value is -1.63. The molecule has 1 atom stereocenters. The Kier molecular flexibility index (Phi) is 4.73. The first-order valence-electron chi connectivity index (χ1n) is 6.54. The fourth-order valence-electron chi connectivity index (χ4n) is 1.93. The number of benzene rings is 1. The molecule has 0 aliphatic heterocycles. The molecule has 0 aliphatic carbocycles. The first-order chi connectivity index (χ1) is 9.22. The van der Waals surface area contributed by atoms with Crippen LogP contribution in [-0.4, -0.2) is 0 Å². The first-order valence-corrected chi connectivity index (χ1v) is 7.35. The second-order valence-corrected chi connectivity index (χ2v) is 5.81. The molecule has 2 rings (SSSR count). The van der Waals surface area contributed by atoms with Crippen molar-refractivity contribution >= 4 is 11.3 Å². The van der Waals surface area contributed by atoms with Crippen LogP contribution in [0.1, 0.15) is 40.8 Å². The zero-order valence-corrected chi connectivity index (χ0v) is 12.1. The molecular formula is C16H18N2S. The summed E-state index contributed by atoms with van der Waals surface area (Å²) in [5, 5.41) is 12.3. The van der Waals surface area contributed by atoms with Crippen LogP contribution in [0.3, 0.4) is 0 Å². The number of nitrogens with one attached hydrogen (secondary N) is 1. The zero-order valence-electron chi connectivity index (χ0n) is 11.3. The SMILES string of the molecule is CCc1ccc(CNC(C)c2ccc(C#N)cc2)s1. The molecule has 0 radical (unpaired) electrons. The molecular weight excluding hydrogens is 252 g/mol. The quantitative estimate of drug-likeness (QED) is 0.890. The summed E-state index contributed by atoms with van der Waals surface area (Å²) in [4.78, 5) is 2.81. The highest BCUT2D eigenvalue weighted by molar-refractivity contribution is 7.11. The van der Waals surface area contributed by atoms with Gasteiger partial charge in [-0.3, -0.25) is 0 Å². The maximum Gasteiger partial charge on any atom is 0.0991 e. The van der Waals surface area contributed by atoms with Gasteiger partial charge in [0.1, 0.15) is 0 Å². The zero-order chi connectivity index (χ0) is 13.7. The third kappa shape index (κ3) is 3.66. The molecule has 0 fully saturated rings. The summed E-state index contributed by atoms with van der Waals surface area (Å²) in [6.07, 6.45) is 1.11. The molecule has 2 nitrogen and oxygen atoms in total. The van der Waals surface area contributed by atoms with Gasteiger partial charge in [-0.15, -0.1) is 11.3 Å². The maximum atomic E-state index is 8.78. The van der Waals surface area contributed by atoms with E-state index in [9.17, 15) is 0 Å². The Bertz CT molecular complexity index is 563. The van der Waals surface area contributed by atoms with Gasteiger partial charge in [0, 0.05) is 22.3 Å². The monoisotopic (exact) mass is 270 g/mol. The van der Waals surface area contributed by atoms with E-state index in [-0.39, 0.29) is 0 Å². The molecule has 1 aromatic carbocycles. The third-order valence-electron chi connectivity index (χ3n) is 3.19. The van der Waals surface area contributed by atoms with E-state index in [4.69, 9.17) is 5.26 Å². The lowest BCUT2D eigenvalue weighted by Crippen LogP contribution is -2.17. The van der Waals surface area contributed by atoms with Gasteiger partial charge in [-0.2, -0.15) is 5.26 Å². The van der Waals surface area contributed by atoms with Crippen molar-refractivity contribution in [1.82, 2.24) is 5.32 Å². The largest absolute Gasteiger partial charge is 0.305 e. The van der Waals surface area contributed by atoms with Crippen molar-refractivity contribution in [2.45, 2.75) is 32.9 Å². The lowest BCUT2D eigenvalue weighted by Gasteiger charge is -2.13. The lowest BCUT2D eigenvalue weighted by molar-refractivity contribution is 0.579. The summed E-state index contributed by atoms with van der Waals surface area (Å²) in [6.45, 7) is 5.23. The third-order valence-corrected chi connectivity index (χ3v) is 4.42. The molecule has 0 aliphatic rings. The van der Waals surface area contributed by atoms with E-state index in [2.05, 4.69) is 37.4 Å². The molecule has 3 heteroatoms. The summed E-state index contributed by atoms with van der Waals surface area (Å²) < 4.78 is 0. The predicted molar refractivity (Wildman–Crippen MR) is 80.1 cm³/mol. The van der Waals surface area contributed by atoms with E-state index >= 15 is 0 Å². The Morgan fingerprint density at radius 1 is 1.16 bits per heavy atom. The van der Waals surface area contributed by atoms with Gasteiger partial charge in [-0.05, 0) is 43.2 Å². The lowest BCUT2D eigenvalue weighted by atomic mass is 10.1. The van der Waals surface area contributed by atoms with Crippen LogP contribution >= 0.6 is 11.3 Å². The van der Waals surface area contributed by atoms with Crippen molar-refractivity contribution in [2.24, 2.45) is 0 Å². The summed E-state index contributed by atoms with van der Waals surface area (Å²) in [5.41, 5.74) is 1.92. The minimum absolute atomic E-state index is 0.292. The molecule has 1 N–H and O–H groups in total. The fraction of sp³-hybridized carbons (Fsp3) is 0.312. The van der Waals surface area contributed by atoms with Gasteiger partial charge in [0.05, 0.1) is 11.6 Å². The maximum absolute atomic E-state index is 8.78. The van der Waals surface area contributed by atoms with E-state index in [0.29, 0.717) is 11.6 Å². The number of rotatable bonds is 5. The van der Waals surface area contributed by atoms with Crippen LogP contribution < -0.4 is 5.32 Å². The standard InChI is InChI=1S/C16H18N2S/c1-3-15-8-9-16(19-15)11-18-12(2)14-6-4-13(10-17)5-7-14/h4-9,12,18H,3,11H2,1-2H3. The fourth-order valence-corrected chi connectivity index (χ4v) is 2.83. The average molecular weight is 270 g/mol. The van der Waals surface area contributed by atoms with Gasteiger partial charge in [-0.25, -0.2) is 0 Å². The second-order valence-electron chi connectivity index (χ2n) is 4.56. The van der Waals surface area contributed by atoms with Gasteiger partial charge in [0.25, 0.3) is 0 Å². The van der Waals surface area contributed by atoms with Crippen LogP contribution in [0.4, 0.5) is 0 Å². The number of nitriles is 1. The Labute approximate surface area is 118 Å². The number of thiophene rings is 1. The highest BCUT2D eigenvalue weighted by Crippen LogP contribution is 2.19. The average Bonchev–Trinajstić information content (AvgIpc) is 2.93. The molecule has 0 saturated carbocycles. The van der Waals surface area contributed by atoms with Crippen LogP contribution in [0.2, 0.25) is 0 Å². The van der Waals surface area contributed by atoms with Crippen molar-refractivity contribution < 1.29 is 0 Å². The number of hydrogen-bond donors (Lipinski definition) is 1. The van der Waals surface area contributed by atoms with Crippen molar-refractivity contribution in [1.29, 1.82) is 5.26 Å². The molecule has 0 amide bonds. The van der Waals surface area contributed by atoms with Crippen molar-refractivity contribution in [3.05, 3.63) is 57.3 Å². The highest BCUT2D eigenvalue weighted by atomic mass is 32.1. The molecule has 1 aromatic heterocycles. The summed E-state index contributed by atoms with van der Waals surface area (Å²) >= 11 is 1.87. The van der Waals surface area contributed by atoms with Gasteiger partial charge in [0.2, 0.25) is 0 Å². The molecule has 1 unspecified atom stereocenters. The normalized spacial score (nSPS) is 12.1. The molecule has 98 valence electrons. The molecule has 0 spiro atoms. The van der Waals surface area contributed by atoms with Crippen LogP contribution in [0.25, 0.3) is 0 Å². The first kappa shape index (κ1) is 13.8. The molecule has 0 bridgehead atoms. The van der Waals surface area contributed by atoms with E-state index in [1.54, 1.807) is 0 Å². The minimum Gasteiger partial charge on any atom is -0.305 e. The van der Waals surface area contributed by atoms with Gasteiger partial charge < -0.3 is 5.32 Å². The van der Waals surface area contributed by atoms with Gasteiger partial charge in [-0.1, -0.05) is 19.1 Å². The smallest absolute Gasteiger partial charge is 0.0991 e. The van der Waals surface area contributed by atoms with E-state index in [0.717, 1.165) is 13.0 Å². The summed E-state index contributed by atoms with van der Waals surface area (Å²) in [6, 6.07) is 14.6. The summed E-state index contributed by atoms with van der Waals surface area (Å²) in [7, 11) is 0. The van der Waals surface area contributed by atoms with Crippen molar-refractivity contribution in [3.8, 4) is 6.07 Å². The Morgan fingerprint density at radius 3 is 2.42 bits per heavy atom. The number of hydrogen-bond acceptors (Lipinski definition) is 3. The second kappa shape index (κ2) is 6.51. The summed E-state index contributed by atoms with van der Waals surface area (Å²) in [5.74, 6) is 0.